The van der Waals surface area contributed by atoms with Gasteiger partial charge in [0.15, 0.2) is 0 Å². The molecule has 1 heterocycles. The summed E-state index contributed by atoms with van der Waals surface area (Å²) < 4.78 is 12.8. The molecule has 1 N–H and O–H groups in total. The van der Waals surface area contributed by atoms with Crippen molar-refractivity contribution in [1.29, 1.82) is 0 Å². The first-order chi connectivity index (χ1) is 9.12. The Bertz CT molecular complexity index is 390. The number of pyridine rings is 1. The molecule has 0 bridgehead atoms. The molecular formula is C14H22FN3O. The highest BCUT2D eigenvalue weighted by atomic mass is 19.1. The largest absolute Gasteiger partial charge is 0.342 e. The van der Waals surface area contributed by atoms with E-state index in [2.05, 4.69) is 10.3 Å². The monoisotopic (exact) mass is 267 g/mol. The predicted octanol–water partition coefficient (Wildman–Crippen LogP) is 2.13. The van der Waals surface area contributed by atoms with Crippen LogP contribution in [-0.4, -0.2) is 35.4 Å². The van der Waals surface area contributed by atoms with Gasteiger partial charge in [-0.3, -0.25) is 9.78 Å². The van der Waals surface area contributed by atoms with Crippen molar-refractivity contribution >= 4 is 5.91 Å². The van der Waals surface area contributed by atoms with Crippen LogP contribution in [0.2, 0.25) is 0 Å². The third-order valence-electron chi connectivity index (χ3n) is 3.13. The topological polar surface area (TPSA) is 45.2 Å². The standard InChI is InChI=1S/C14H22FN3O/c1-4-12(13-8-7-11(15)9-16-13)17-10-14(19)18(5-2)6-3/h7-9,12,17H,4-6,10H2,1-3H3. The van der Waals surface area contributed by atoms with Gasteiger partial charge in [-0.25, -0.2) is 4.39 Å². The first-order valence-electron chi connectivity index (χ1n) is 6.74. The summed E-state index contributed by atoms with van der Waals surface area (Å²) in [5.74, 6) is -0.275. The Labute approximate surface area is 114 Å². The van der Waals surface area contributed by atoms with Crippen LogP contribution in [0.4, 0.5) is 4.39 Å². The zero-order valence-corrected chi connectivity index (χ0v) is 11.8. The molecule has 0 saturated heterocycles. The van der Waals surface area contributed by atoms with Crippen molar-refractivity contribution in [3.63, 3.8) is 0 Å². The van der Waals surface area contributed by atoms with E-state index in [1.807, 2.05) is 20.8 Å². The van der Waals surface area contributed by atoms with Crippen molar-refractivity contribution < 1.29 is 9.18 Å². The van der Waals surface area contributed by atoms with E-state index in [0.29, 0.717) is 13.1 Å². The lowest BCUT2D eigenvalue weighted by atomic mass is 10.1. The highest BCUT2D eigenvalue weighted by molar-refractivity contribution is 5.78. The van der Waals surface area contributed by atoms with E-state index in [4.69, 9.17) is 0 Å². The highest BCUT2D eigenvalue weighted by Gasteiger charge is 2.14. The van der Waals surface area contributed by atoms with E-state index in [1.165, 1.54) is 12.3 Å². The second-order valence-electron chi connectivity index (χ2n) is 4.31. The summed E-state index contributed by atoms with van der Waals surface area (Å²) in [6, 6.07) is 3.01. The molecule has 4 nitrogen and oxygen atoms in total. The van der Waals surface area contributed by atoms with Crippen LogP contribution < -0.4 is 5.32 Å². The normalized spacial score (nSPS) is 12.2. The zero-order chi connectivity index (χ0) is 14.3. The van der Waals surface area contributed by atoms with Gasteiger partial charge < -0.3 is 10.2 Å². The fourth-order valence-electron chi connectivity index (χ4n) is 1.95. The predicted molar refractivity (Wildman–Crippen MR) is 73.2 cm³/mol. The molecule has 0 saturated carbocycles. The molecule has 1 aromatic rings. The molecule has 0 aliphatic carbocycles. The number of nitrogens with one attached hydrogen (secondary N) is 1. The fraction of sp³-hybridized carbons (Fsp3) is 0.571. The number of nitrogens with zero attached hydrogens (tertiary/aromatic N) is 2. The Kier molecular flexibility index (Phi) is 6.42. The van der Waals surface area contributed by atoms with Crippen LogP contribution in [0.5, 0.6) is 0 Å². The van der Waals surface area contributed by atoms with Gasteiger partial charge in [0.1, 0.15) is 5.82 Å². The zero-order valence-electron chi connectivity index (χ0n) is 11.8. The maximum atomic E-state index is 12.8. The molecule has 1 rings (SSSR count). The van der Waals surface area contributed by atoms with E-state index in [-0.39, 0.29) is 24.3 Å². The minimum atomic E-state index is -0.349. The maximum Gasteiger partial charge on any atom is 0.236 e. The number of hydrogen-bond acceptors (Lipinski definition) is 3. The van der Waals surface area contributed by atoms with E-state index in [1.54, 1.807) is 11.0 Å². The lowest BCUT2D eigenvalue weighted by Crippen LogP contribution is -2.39. The fourth-order valence-corrected chi connectivity index (χ4v) is 1.95. The van der Waals surface area contributed by atoms with Gasteiger partial charge in [0.25, 0.3) is 0 Å². The summed E-state index contributed by atoms with van der Waals surface area (Å²) in [5.41, 5.74) is 0.760. The van der Waals surface area contributed by atoms with Crippen LogP contribution in [0.1, 0.15) is 38.9 Å². The number of rotatable bonds is 7. The molecule has 1 amide bonds. The van der Waals surface area contributed by atoms with Gasteiger partial charge >= 0.3 is 0 Å². The SMILES string of the molecule is CCC(NCC(=O)N(CC)CC)c1ccc(F)cn1. The van der Waals surface area contributed by atoms with E-state index >= 15 is 0 Å². The molecule has 0 aliphatic rings. The second kappa shape index (κ2) is 7.84. The van der Waals surface area contributed by atoms with Gasteiger partial charge in [-0.15, -0.1) is 0 Å². The number of aromatic nitrogens is 1. The summed E-state index contributed by atoms with van der Waals surface area (Å²) in [5, 5.41) is 3.18. The lowest BCUT2D eigenvalue weighted by Gasteiger charge is -2.21. The molecule has 1 aromatic heterocycles. The molecule has 0 radical (unpaired) electrons. The Balaban J connectivity index is 2.58. The number of amides is 1. The molecular weight excluding hydrogens is 245 g/mol. The molecule has 106 valence electrons. The Morgan fingerprint density at radius 3 is 2.53 bits per heavy atom. The average Bonchev–Trinajstić information content (AvgIpc) is 2.42. The first kappa shape index (κ1) is 15.6. The van der Waals surface area contributed by atoms with Crippen LogP contribution in [-0.2, 0) is 4.79 Å². The summed E-state index contributed by atoms with van der Waals surface area (Å²) in [7, 11) is 0. The van der Waals surface area contributed by atoms with Crippen molar-refractivity contribution in [2.24, 2.45) is 0 Å². The van der Waals surface area contributed by atoms with Crippen LogP contribution in [0.25, 0.3) is 0 Å². The van der Waals surface area contributed by atoms with Gasteiger partial charge in [0.2, 0.25) is 5.91 Å². The van der Waals surface area contributed by atoms with Gasteiger partial charge in [-0.1, -0.05) is 6.92 Å². The summed E-state index contributed by atoms with van der Waals surface area (Å²) >= 11 is 0. The first-order valence-corrected chi connectivity index (χ1v) is 6.74. The highest BCUT2D eigenvalue weighted by Crippen LogP contribution is 2.13. The number of carbonyl (C=O) groups excluding carboxylic acids is 1. The number of carbonyl (C=O) groups is 1. The van der Waals surface area contributed by atoms with Crippen molar-refractivity contribution in [1.82, 2.24) is 15.2 Å². The van der Waals surface area contributed by atoms with Crippen LogP contribution in [0, 0.1) is 5.82 Å². The maximum absolute atomic E-state index is 12.8. The third kappa shape index (κ3) is 4.59. The van der Waals surface area contributed by atoms with Crippen LogP contribution >= 0.6 is 0 Å². The molecule has 0 fully saturated rings. The summed E-state index contributed by atoms with van der Waals surface area (Å²) in [6.07, 6.45) is 2.00. The lowest BCUT2D eigenvalue weighted by molar-refractivity contribution is -0.130. The van der Waals surface area contributed by atoms with Gasteiger partial charge in [-0.2, -0.15) is 0 Å². The van der Waals surface area contributed by atoms with E-state index < -0.39 is 0 Å². The molecule has 0 aromatic carbocycles. The van der Waals surface area contributed by atoms with Crippen molar-refractivity contribution in [3.8, 4) is 0 Å². The molecule has 0 spiro atoms. The number of hydrogen-bond donors (Lipinski definition) is 1. The molecule has 1 atom stereocenters. The molecule has 0 aliphatic heterocycles. The van der Waals surface area contributed by atoms with Crippen molar-refractivity contribution in [2.45, 2.75) is 33.2 Å². The number of halogens is 1. The van der Waals surface area contributed by atoms with Gasteiger partial charge in [0.05, 0.1) is 18.4 Å². The van der Waals surface area contributed by atoms with Crippen LogP contribution in [0.15, 0.2) is 18.3 Å². The third-order valence-corrected chi connectivity index (χ3v) is 3.13. The van der Waals surface area contributed by atoms with E-state index in [9.17, 15) is 9.18 Å². The van der Waals surface area contributed by atoms with Gasteiger partial charge in [0, 0.05) is 19.1 Å². The number of likely N-dealkylation sites (N-methyl/N-ethyl adjacent to an activating group) is 1. The molecule has 19 heavy (non-hydrogen) atoms. The minimum Gasteiger partial charge on any atom is -0.342 e. The quantitative estimate of drug-likeness (QED) is 0.823. The van der Waals surface area contributed by atoms with E-state index in [0.717, 1.165) is 12.1 Å². The Morgan fingerprint density at radius 2 is 2.05 bits per heavy atom. The summed E-state index contributed by atoms with van der Waals surface area (Å²) in [4.78, 5) is 17.7. The summed E-state index contributed by atoms with van der Waals surface area (Å²) in [6.45, 7) is 7.62. The smallest absolute Gasteiger partial charge is 0.236 e. The Morgan fingerprint density at radius 1 is 1.37 bits per heavy atom. The molecule has 5 heteroatoms. The Hall–Kier alpha value is -1.49. The van der Waals surface area contributed by atoms with Crippen LogP contribution in [0.3, 0.4) is 0 Å². The van der Waals surface area contributed by atoms with Gasteiger partial charge in [-0.05, 0) is 32.4 Å². The minimum absolute atomic E-state index is 0.0277. The van der Waals surface area contributed by atoms with Crippen molar-refractivity contribution in [3.05, 3.63) is 29.8 Å². The molecule has 1 unspecified atom stereocenters. The second-order valence-corrected chi connectivity index (χ2v) is 4.31. The average molecular weight is 267 g/mol. The van der Waals surface area contributed by atoms with Crippen molar-refractivity contribution in [2.75, 3.05) is 19.6 Å².